The fourth-order valence-electron chi connectivity index (χ4n) is 1.54. The van der Waals surface area contributed by atoms with Crippen LogP contribution in [0.25, 0.3) is 10.9 Å². The zero-order chi connectivity index (χ0) is 12.4. The van der Waals surface area contributed by atoms with Crippen LogP contribution in [0.3, 0.4) is 0 Å². The number of fused-ring (bicyclic) bond motifs is 1. The summed E-state index contributed by atoms with van der Waals surface area (Å²) in [6, 6.07) is 5.39. The first-order valence-electron chi connectivity index (χ1n) is 5.03. The molecule has 1 aromatic heterocycles. The Morgan fingerprint density at radius 2 is 2.29 bits per heavy atom. The molecule has 90 valence electrons. The quantitative estimate of drug-likeness (QED) is 0.626. The summed E-state index contributed by atoms with van der Waals surface area (Å²) in [5.74, 6) is -0.0760. The molecule has 0 aliphatic heterocycles. The minimum absolute atomic E-state index is 0.169. The Balaban J connectivity index is 2.34. The molecule has 0 bridgehead atoms. The Morgan fingerprint density at radius 1 is 1.53 bits per heavy atom. The van der Waals surface area contributed by atoms with Gasteiger partial charge in [-0.2, -0.15) is 0 Å². The number of carbonyl (C=O) groups is 1. The zero-order valence-electron chi connectivity index (χ0n) is 9.64. The van der Waals surface area contributed by atoms with Crippen molar-refractivity contribution >= 4 is 22.6 Å². The van der Waals surface area contributed by atoms with Crippen LogP contribution in [-0.2, 0) is 16.6 Å². The summed E-state index contributed by atoms with van der Waals surface area (Å²) in [7, 11) is 3.10. The van der Waals surface area contributed by atoms with Crippen molar-refractivity contribution in [1.29, 1.82) is 0 Å². The van der Waals surface area contributed by atoms with E-state index in [0.717, 1.165) is 10.9 Å². The van der Waals surface area contributed by atoms with E-state index in [9.17, 15) is 4.79 Å². The van der Waals surface area contributed by atoms with E-state index in [1.807, 2.05) is 6.07 Å². The number of carbonyl (C=O) groups excluding carboxylic acids is 1. The van der Waals surface area contributed by atoms with E-state index in [0.29, 0.717) is 11.6 Å². The zero-order valence-corrected chi connectivity index (χ0v) is 9.64. The molecule has 0 amide bonds. The molecule has 0 fully saturated rings. The van der Waals surface area contributed by atoms with Crippen LogP contribution in [0.5, 0.6) is 5.88 Å². The predicted octanol–water partition coefficient (Wildman–Crippen LogP) is 0.707. The Labute approximate surface area is 97.9 Å². The number of aromatic nitrogens is 2. The number of hydrogen-bond donors (Lipinski definition) is 1. The summed E-state index contributed by atoms with van der Waals surface area (Å²) < 4.78 is 11.4. The van der Waals surface area contributed by atoms with Crippen LogP contribution >= 0.6 is 0 Å². The largest absolute Gasteiger partial charge is 0.466 e. The third-order valence-corrected chi connectivity index (χ3v) is 2.39. The van der Waals surface area contributed by atoms with Gasteiger partial charge in [-0.3, -0.25) is 4.68 Å². The summed E-state index contributed by atoms with van der Waals surface area (Å²) in [5.41, 5.74) is 7.21. The fourth-order valence-corrected chi connectivity index (χ4v) is 1.54. The Kier molecular flexibility index (Phi) is 2.86. The van der Waals surface area contributed by atoms with E-state index < -0.39 is 5.97 Å². The maximum absolute atomic E-state index is 11.0. The number of hydrogen-bond acceptors (Lipinski definition) is 5. The molecule has 0 saturated heterocycles. The molecule has 0 unspecified atom stereocenters. The van der Waals surface area contributed by atoms with Crippen LogP contribution in [0, 0.1) is 0 Å². The summed E-state index contributed by atoms with van der Waals surface area (Å²) in [5, 5.41) is 4.94. The van der Waals surface area contributed by atoms with Crippen molar-refractivity contribution < 1.29 is 14.3 Å². The van der Waals surface area contributed by atoms with Gasteiger partial charge in [0.15, 0.2) is 6.61 Å². The molecule has 0 spiro atoms. The first-order chi connectivity index (χ1) is 8.11. The van der Waals surface area contributed by atoms with Gasteiger partial charge in [0.1, 0.15) is 0 Å². The summed E-state index contributed by atoms with van der Waals surface area (Å²) >= 11 is 0. The number of methoxy groups -OCH3 is 1. The van der Waals surface area contributed by atoms with Gasteiger partial charge in [-0.1, -0.05) is 0 Å². The average Bonchev–Trinajstić information content (AvgIpc) is 2.62. The van der Waals surface area contributed by atoms with Crippen LogP contribution in [-0.4, -0.2) is 29.5 Å². The lowest BCUT2D eigenvalue weighted by Crippen LogP contribution is -2.12. The van der Waals surface area contributed by atoms with Gasteiger partial charge in [-0.05, 0) is 18.2 Å². The van der Waals surface area contributed by atoms with Crippen LogP contribution in [0.1, 0.15) is 0 Å². The van der Waals surface area contributed by atoms with E-state index in [2.05, 4.69) is 9.84 Å². The first kappa shape index (κ1) is 11.3. The van der Waals surface area contributed by atoms with Gasteiger partial charge in [0, 0.05) is 12.7 Å². The number of esters is 1. The molecular formula is C11H13N3O3. The molecular weight excluding hydrogens is 222 g/mol. The van der Waals surface area contributed by atoms with E-state index in [-0.39, 0.29) is 6.61 Å². The number of rotatable bonds is 3. The first-order valence-corrected chi connectivity index (χ1v) is 5.03. The Bertz CT molecular complexity index is 562. The fraction of sp³-hybridized carbons (Fsp3) is 0.273. The van der Waals surface area contributed by atoms with Gasteiger partial charge in [0.2, 0.25) is 5.88 Å². The van der Waals surface area contributed by atoms with Crippen LogP contribution in [0.2, 0.25) is 0 Å². The van der Waals surface area contributed by atoms with Crippen molar-refractivity contribution in [3.8, 4) is 5.88 Å². The predicted molar refractivity (Wildman–Crippen MR) is 62.6 cm³/mol. The number of anilines is 1. The smallest absolute Gasteiger partial charge is 0.343 e. The van der Waals surface area contributed by atoms with Gasteiger partial charge in [0.05, 0.1) is 18.0 Å². The van der Waals surface area contributed by atoms with Gasteiger partial charge in [0.25, 0.3) is 0 Å². The lowest BCUT2D eigenvalue weighted by atomic mass is 10.2. The third kappa shape index (κ3) is 2.15. The standard InChI is InChI=1S/C11H13N3O3/c1-14-9-4-3-7(12)5-8(9)11(13-14)17-6-10(15)16-2/h3-5H,6,12H2,1-2H3. The van der Waals surface area contributed by atoms with Gasteiger partial charge < -0.3 is 15.2 Å². The van der Waals surface area contributed by atoms with Crippen molar-refractivity contribution in [3.05, 3.63) is 18.2 Å². The van der Waals surface area contributed by atoms with Crippen LogP contribution in [0.4, 0.5) is 5.69 Å². The molecule has 17 heavy (non-hydrogen) atoms. The number of ether oxygens (including phenoxy) is 2. The SMILES string of the molecule is COC(=O)COc1nn(C)c2ccc(N)cc12. The van der Waals surface area contributed by atoms with Gasteiger partial charge in [-0.15, -0.1) is 5.10 Å². The molecule has 2 aromatic rings. The highest BCUT2D eigenvalue weighted by Crippen LogP contribution is 2.26. The number of nitrogens with zero attached hydrogens (tertiary/aromatic N) is 2. The molecule has 6 nitrogen and oxygen atoms in total. The maximum Gasteiger partial charge on any atom is 0.343 e. The molecule has 0 radical (unpaired) electrons. The molecule has 1 heterocycles. The molecule has 0 aliphatic carbocycles. The topological polar surface area (TPSA) is 79.4 Å². The highest BCUT2D eigenvalue weighted by Gasteiger charge is 2.11. The third-order valence-electron chi connectivity index (χ3n) is 2.39. The summed E-state index contributed by atoms with van der Waals surface area (Å²) in [4.78, 5) is 11.0. The minimum Gasteiger partial charge on any atom is -0.466 e. The van der Waals surface area contributed by atoms with Crippen molar-refractivity contribution in [3.63, 3.8) is 0 Å². The normalized spacial score (nSPS) is 10.5. The molecule has 1 aromatic carbocycles. The van der Waals surface area contributed by atoms with E-state index in [1.54, 1.807) is 23.9 Å². The molecule has 2 rings (SSSR count). The van der Waals surface area contributed by atoms with Crippen molar-refractivity contribution in [2.45, 2.75) is 0 Å². The number of aryl methyl sites for hydroxylation is 1. The highest BCUT2D eigenvalue weighted by atomic mass is 16.6. The molecule has 0 atom stereocenters. The van der Waals surface area contributed by atoms with Crippen molar-refractivity contribution in [1.82, 2.24) is 9.78 Å². The molecule has 6 heteroatoms. The lowest BCUT2D eigenvalue weighted by Gasteiger charge is -2.01. The second kappa shape index (κ2) is 4.32. The lowest BCUT2D eigenvalue weighted by molar-refractivity contribution is -0.142. The van der Waals surface area contributed by atoms with E-state index in [4.69, 9.17) is 10.5 Å². The van der Waals surface area contributed by atoms with Gasteiger partial charge >= 0.3 is 5.97 Å². The van der Waals surface area contributed by atoms with E-state index in [1.165, 1.54) is 7.11 Å². The second-order valence-electron chi connectivity index (χ2n) is 3.57. The Morgan fingerprint density at radius 3 is 3.00 bits per heavy atom. The monoisotopic (exact) mass is 235 g/mol. The minimum atomic E-state index is -0.451. The Hall–Kier alpha value is -2.24. The summed E-state index contributed by atoms with van der Waals surface area (Å²) in [6.07, 6.45) is 0. The number of nitrogens with two attached hydrogens (primary N) is 1. The number of benzene rings is 1. The molecule has 2 N–H and O–H groups in total. The average molecular weight is 235 g/mol. The van der Waals surface area contributed by atoms with Gasteiger partial charge in [-0.25, -0.2) is 4.79 Å². The van der Waals surface area contributed by atoms with Crippen molar-refractivity contribution in [2.75, 3.05) is 19.5 Å². The van der Waals surface area contributed by atoms with Crippen LogP contribution in [0.15, 0.2) is 18.2 Å². The molecule has 0 saturated carbocycles. The van der Waals surface area contributed by atoms with Crippen LogP contribution < -0.4 is 10.5 Å². The highest BCUT2D eigenvalue weighted by molar-refractivity contribution is 5.87. The number of nitrogen functional groups attached to an aromatic ring is 1. The summed E-state index contributed by atoms with van der Waals surface area (Å²) in [6.45, 7) is -0.169. The molecule has 0 aliphatic rings. The van der Waals surface area contributed by atoms with Crippen molar-refractivity contribution in [2.24, 2.45) is 7.05 Å². The maximum atomic E-state index is 11.0. The van der Waals surface area contributed by atoms with E-state index >= 15 is 0 Å². The second-order valence-corrected chi connectivity index (χ2v) is 3.57.